The molecule has 0 unspecified atom stereocenters. The molecule has 0 saturated heterocycles. The van der Waals surface area contributed by atoms with E-state index in [2.05, 4.69) is 24.3 Å². The van der Waals surface area contributed by atoms with Gasteiger partial charge in [0.2, 0.25) is 0 Å². The van der Waals surface area contributed by atoms with Crippen LogP contribution in [0, 0.1) is 0 Å². The van der Waals surface area contributed by atoms with E-state index in [1.165, 1.54) is 0 Å². The van der Waals surface area contributed by atoms with Gasteiger partial charge in [-0.25, -0.2) is 0 Å². The van der Waals surface area contributed by atoms with Crippen LogP contribution in [0.3, 0.4) is 0 Å². The molecule has 0 aliphatic carbocycles. The zero-order chi connectivity index (χ0) is 13.5. The monoisotopic (exact) mass is 278 g/mol. The van der Waals surface area contributed by atoms with Crippen LogP contribution in [0.25, 0.3) is 33.1 Å². The summed E-state index contributed by atoms with van der Waals surface area (Å²) >= 11 is 6.07. The number of hydrogen-bond donors (Lipinski definition) is 0. The normalized spacial score (nSPS) is 11.2. The Kier molecular flexibility index (Phi) is 2.54. The van der Waals surface area contributed by atoms with Crippen LogP contribution < -0.4 is 0 Å². The summed E-state index contributed by atoms with van der Waals surface area (Å²) in [6, 6.07) is 22.2. The molecule has 4 rings (SSSR count). The number of furan rings is 1. The average molecular weight is 279 g/mol. The second-order valence-electron chi connectivity index (χ2n) is 4.82. The molecule has 0 radical (unpaired) electrons. The third kappa shape index (κ3) is 1.79. The third-order valence-electron chi connectivity index (χ3n) is 3.53. The molecule has 0 fully saturated rings. The van der Waals surface area contributed by atoms with Crippen LogP contribution in [-0.4, -0.2) is 0 Å². The number of halogens is 1. The molecule has 3 aromatic carbocycles. The highest BCUT2D eigenvalue weighted by Crippen LogP contribution is 2.32. The lowest BCUT2D eigenvalue weighted by molar-refractivity contribution is 0.669. The SMILES string of the molecule is Clc1cccc(-c2ccc3oc4ccccc4c3c2)c1. The Balaban J connectivity index is 2.00. The van der Waals surface area contributed by atoms with Crippen LogP contribution in [0.5, 0.6) is 0 Å². The van der Waals surface area contributed by atoms with Gasteiger partial charge in [0.25, 0.3) is 0 Å². The zero-order valence-corrected chi connectivity index (χ0v) is 11.4. The summed E-state index contributed by atoms with van der Waals surface area (Å²) in [4.78, 5) is 0. The largest absolute Gasteiger partial charge is 0.456 e. The van der Waals surface area contributed by atoms with Crippen molar-refractivity contribution in [2.45, 2.75) is 0 Å². The van der Waals surface area contributed by atoms with E-state index in [1.807, 2.05) is 42.5 Å². The van der Waals surface area contributed by atoms with Crippen LogP contribution in [0.15, 0.2) is 71.1 Å². The first-order valence-electron chi connectivity index (χ1n) is 6.48. The van der Waals surface area contributed by atoms with Crippen molar-refractivity contribution in [3.05, 3.63) is 71.8 Å². The molecule has 20 heavy (non-hydrogen) atoms. The van der Waals surface area contributed by atoms with E-state index in [4.69, 9.17) is 16.0 Å². The smallest absolute Gasteiger partial charge is 0.135 e. The summed E-state index contributed by atoms with van der Waals surface area (Å²) in [6.07, 6.45) is 0. The lowest BCUT2D eigenvalue weighted by Gasteiger charge is -2.02. The van der Waals surface area contributed by atoms with Crippen molar-refractivity contribution in [3.8, 4) is 11.1 Å². The lowest BCUT2D eigenvalue weighted by Crippen LogP contribution is -1.77. The summed E-state index contributed by atoms with van der Waals surface area (Å²) in [5.41, 5.74) is 4.10. The Bertz CT molecular complexity index is 921. The van der Waals surface area contributed by atoms with Gasteiger partial charge in [-0.3, -0.25) is 0 Å². The summed E-state index contributed by atoms with van der Waals surface area (Å²) in [5.74, 6) is 0. The van der Waals surface area contributed by atoms with Crippen molar-refractivity contribution in [1.82, 2.24) is 0 Å². The Hall–Kier alpha value is -2.25. The van der Waals surface area contributed by atoms with Gasteiger partial charge in [-0.05, 0) is 41.5 Å². The predicted octanol–water partition coefficient (Wildman–Crippen LogP) is 5.91. The number of rotatable bonds is 1. The molecule has 0 saturated carbocycles. The molecule has 1 heterocycles. The van der Waals surface area contributed by atoms with Crippen LogP contribution in [0.4, 0.5) is 0 Å². The fourth-order valence-electron chi connectivity index (χ4n) is 2.57. The maximum absolute atomic E-state index is 6.07. The molecule has 2 heteroatoms. The van der Waals surface area contributed by atoms with Crippen LogP contribution in [0.2, 0.25) is 5.02 Å². The minimum Gasteiger partial charge on any atom is -0.456 e. The van der Waals surface area contributed by atoms with E-state index < -0.39 is 0 Å². The van der Waals surface area contributed by atoms with E-state index in [-0.39, 0.29) is 0 Å². The number of hydrogen-bond acceptors (Lipinski definition) is 1. The van der Waals surface area contributed by atoms with Crippen LogP contribution >= 0.6 is 11.6 Å². The predicted molar refractivity (Wildman–Crippen MR) is 84.2 cm³/mol. The van der Waals surface area contributed by atoms with Crippen LogP contribution in [-0.2, 0) is 0 Å². The summed E-state index contributed by atoms with van der Waals surface area (Å²) in [7, 11) is 0. The van der Waals surface area contributed by atoms with Gasteiger partial charge in [-0.2, -0.15) is 0 Å². The topological polar surface area (TPSA) is 13.1 Å². The molecule has 0 aliphatic rings. The Labute approximate surface area is 121 Å². The molecule has 0 N–H and O–H groups in total. The Morgan fingerprint density at radius 1 is 0.650 bits per heavy atom. The van der Waals surface area contributed by atoms with Gasteiger partial charge in [0, 0.05) is 15.8 Å². The molecule has 0 spiro atoms. The highest BCUT2D eigenvalue weighted by Gasteiger charge is 2.07. The highest BCUT2D eigenvalue weighted by molar-refractivity contribution is 6.30. The van der Waals surface area contributed by atoms with Gasteiger partial charge in [0.1, 0.15) is 11.2 Å². The van der Waals surface area contributed by atoms with Gasteiger partial charge < -0.3 is 4.42 Å². The van der Waals surface area contributed by atoms with Crippen LogP contribution in [0.1, 0.15) is 0 Å². The summed E-state index contributed by atoms with van der Waals surface area (Å²) in [5, 5.41) is 3.03. The van der Waals surface area contributed by atoms with Gasteiger partial charge >= 0.3 is 0 Å². The molecule has 0 aliphatic heterocycles. The number of para-hydroxylation sites is 1. The lowest BCUT2D eigenvalue weighted by atomic mass is 10.0. The summed E-state index contributed by atoms with van der Waals surface area (Å²) < 4.78 is 5.84. The van der Waals surface area contributed by atoms with Crippen molar-refractivity contribution in [2.75, 3.05) is 0 Å². The molecule has 0 amide bonds. The van der Waals surface area contributed by atoms with E-state index in [0.29, 0.717) is 0 Å². The van der Waals surface area contributed by atoms with E-state index in [9.17, 15) is 0 Å². The second-order valence-corrected chi connectivity index (χ2v) is 5.26. The fraction of sp³-hybridized carbons (Fsp3) is 0. The van der Waals surface area contributed by atoms with E-state index in [1.54, 1.807) is 0 Å². The Morgan fingerprint density at radius 3 is 2.35 bits per heavy atom. The number of benzene rings is 3. The molecular weight excluding hydrogens is 268 g/mol. The minimum absolute atomic E-state index is 0.750. The average Bonchev–Trinajstić information content (AvgIpc) is 2.85. The van der Waals surface area contributed by atoms with Gasteiger partial charge in [-0.1, -0.05) is 48.0 Å². The molecule has 0 bridgehead atoms. The molecule has 4 aromatic rings. The van der Waals surface area contributed by atoms with Crippen molar-refractivity contribution < 1.29 is 4.42 Å². The zero-order valence-electron chi connectivity index (χ0n) is 10.6. The van der Waals surface area contributed by atoms with Crippen molar-refractivity contribution in [2.24, 2.45) is 0 Å². The standard InChI is InChI=1S/C18H11ClO/c19-14-5-3-4-12(10-14)13-8-9-18-16(11-13)15-6-1-2-7-17(15)20-18/h1-11H. The number of fused-ring (bicyclic) bond motifs is 3. The molecule has 96 valence electrons. The maximum atomic E-state index is 6.07. The Morgan fingerprint density at radius 2 is 1.45 bits per heavy atom. The van der Waals surface area contributed by atoms with Crippen molar-refractivity contribution >= 4 is 33.5 Å². The molecule has 1 aromatic heterocycles. The quantitative estimate of drug-likeness (QED) is 0.422. The second kappa shape index (κ2) is 4.39. The van der Waals surface area contributed by atoms with Gasteiger partial charge in [0.15, 0.2) is 0 Å². The van der Waals surface area contributed by atoms with Crippen molar-refractivity contribution in [1.29, 1.82) is 0 Å². The molecule has 1 nitrogen and oxygen atoms in total. The fourth-order valence-corrected chi connectivity index (χ4v) is 2.76. The first-order valence-corrected chi connectivity index (χ1v) is 6.86. The van der Waals surface area contributed by atoms with Gasteiger partial charge in [0.05, 0.1) is 0 Å². The molecule has 0 atom stereocenters. The van der Waals surface area contributed by atoms with E-state index >= 15 is 0 Å². The maximum Gasteiger partial charge on any atom is 0.135 e. The van der Waals surface area contributed by atoms with Crippen molar-refractivity contribution in [3.63, 3.8) is 0 Å². The first kappa shape index (κ1) is 11.6. The summed E-state index contributed by atoms with van der Waals surface area (Å²) in [6.45, 7) is 0. The molecular formula is C18H11ClO. The highest BCUT2D eigenvalue weighted by atomic mass is 35.5. The minimum atomic E-state index is 0.750. The van der Waals surface area contributed by atoms with E-state index in [0.717, 1.165) is 38.1 Å². The van der Waals surface area contributed by atoms with Gasteiger partial charge in [-0.15, -0.1) is 0 Å². The third-order valence-corrected chi connectivity index (χ3v) is 3.77. The first-order chi connectivity index (χ1) is 9.81.